The second kappa shape index (κ2) is 8.75. The number of hydrogen-bond acceptors (Lipinski definition) is 5. The van der Waals surface area contributed by atoms with E-state index in [-0.39, 0.29) is 18.6 Å². The van der Waals surface area contributed by atoms with Gasteiger partial charge in [-0.3, -0.25) is 9.59 Å². The predicted molar refractivity (Wildman–Crippen MR) is 106 cm³/mol. The number of hydrogen-bond donors (Lipinski definition) is 2. The van der Waals surface area contributed by atoms with Crippen LogP contribution in [0.25, 0.3) is 0 Å². The van der Waals surface area contributed by atoms with E-state index in [0.717, 1.165) is 5.56 Å². The van der Waals surface area contributed by atoms with Crippen LogP contribution in [0.4, 0.5) is 0 Å². The first-order chi connectivity index (χ1) is 13.4. The lowest BCUT2D eigenvalue weighted by molar-refractivity contribution is -0.123. The molecule has 0 fully saturated rings. The molecule has 0 aliphatic carbocycles. The second-order valence-electron chi connectivity index (χ2n) is 6.55. The average Bonchev–Trinajstić information content (AvgIpc) is 3.13. The van der Waals surface area contributed by atoms with Crippen LogP contribution in [0.5, 0.6) is 11.5 Å². The summed E-state index contributed by atoms with van der Waals surface area (Å²) in [5, 5.41) is 7.14. The van der Waals surface area contributed by atoms with Gasteiger partial charge in [-0.05, 0) is 47.9 Å². The van der Waals surface area contributed by atoms with Gasteiger partial charge in [0.1, 0.15) is 6.04 Å². The first-order valence-electron chi connectivity index (χ1n) is 8.73. The Bertz CT molecular complexity index is 914. The molecule has 0 saturated carbocycles. The summed E-state index contributed by atoms with van der Waals surface area (Å²) in [5.74, 6) is 0.372. The maximum absolute atomic E-state index is 12.5. The van der Waals surface area contributed by atoms with Crippen molar-refractivity contribution < 1.29 is 19.1 Å². The van der Waals surface area contributed by atoms with E-state index >= 15 is 0 Å². The molecule has 1 atom stereocenters. The van der Waals surface area contributed by atoms with E-state index in [0.29, 0.717) is 22.1 Å². The predicted octanol–water partition coefficient (Wildman–Crippen LogP) is 2.97. The summed E-state index contributed by atoms with van der Waals surface area (Å²) in [6.45, 7) is 3.86. The molecule has 2 N–H and O–H groups in total. The number of amides is 2. The molecule has 7 nitrogen and oxygen atoms in total. The molecule has 2 aromatic rings. The number of halogens is 1. The van der Waals surface area contributed by atoms with Gasteiger partial charge in [0.2, 0.25) is 6.79 Å². The molecule has 0 aromatic heterocycles. The SMILES string of the molecule is CC(C)C(NC(=O)c1cccc(Cl)c1)C(=O)N/N=C\c1ccc2c(c1)OCO2. The number of benzene rings is 2. The molecule has 0 bridgehead atoms. The van der Waals surface area contributed by atoms with E-state index < -0.39 is 11.9 Å². The van der Waals surface area contributed by atoms with E-state index in [9.17, 15) is 9.59 Å². The van der Waals surface area contributed by atoms with Crippen LogP contribution in [-0.4, -0.2) is 30.9 Å². The Morgan fingerprint density at radius 1 is 1.14 bits per heavy atom. The summed E-state index contributed by atoms with van der Waals surface area (Å²) in [6, 6.07) is 11.1. The van der Waals surface area contributed by atoms with E-state index in [1.165, 1.54) is 6.21 Å². The third kappa shape index (κ3) is 4.80. The highest BCUT2D eigenvalue weighted by atomic mass is 35.5. The molecule has 0 saturated heterocycles. The molecular formula is C20H20ClN3O4. The fourth-order valence-electron chi connectivity index (χ4n) is 2.62. The highest BCUT2D eigenvalue weighted by molar-refractivity contribution is 6.31. The molecule has 1 unspecified atom stereocenters. The summed E-state index contributed by atoms with van der Waals surface area (Å²) >= 11 is 5.92. The van der Waals surface area contributed by atoms with Gasteiger partial charge in [0.25, 0.3) is 11.8 Å². The van der Waals surface area contributed by atoms with E-state index in [1.54, 1.807) is 42.5 Å². The number of hydrazone groups is 1. The summed E-state index contributed by atoms with van der Waals surface area (Å²) in [4.78, 5) is 24.9. The zero-order valence-corrected chi connectivity index (χ0v) is 16.2. The Hall–Kier alpha value is -3.06. The highest BCUT2D eigenvalue weighted by Crippen LogP contribution is 2.31. The van der Waals surface area contributed by atoms with Crippen molar-refractivity contribution in [2.45, 2.75) is 19.9 Å². The van der Waals surface area contributed by atoms with Gasteiger partial charge >= 0.3 is 0 Å². The monoisotopic (exact) mass is 401 g/mol. The van der Waals surface area contributed by atoms with Crippen molar-refractivity contribution in [2.75, 3.05) is 6.79 Å². The van der Waals surface area contributed by atoms with Crippen LogP contribution in [0.15, 0.2) is 47.6 Å². The Labute approximate surface area is 167 Å². The van der Waals surface area contributed by atoms with Gasteiger partial charge in [-0.2, -0.15) is 5.10 Å². The summed E-state index contributed by atoms with van der Waals surface area (Å²) in [6.07, 6.45) is 1.50. The van der Waals surface area contributed by atoms with Crippen molar-refractivity contribution in [1.29, 1.82) is 0 Å². The number of ether oxygens (including phenoxy) is 2. The minimum Gasteiger partial charge on any atom is -0.454 e. The minimum absolute atomic E-state index is 0.135. The number of carbonyl (C=O) groups is 2. The summed E-state index contributed by atoms with van der Waals surface area (Å²) in [7, 11) is 0. The van der Waals surface area contributed by atoms with Crippen LogP contribution in [0.2, 0.25) is 5.02 Å². The molecule has 1 heterocycles. The fourth-order valence-corrected chi connectivity index (χ4v) is 2.81. The largest absolute Gasteiger partial charge is 0.454 e. The van der Waals surface area contributed by atoms with E-state index in [2.05, 4.69) is 15.8 Å². The first kappa shape index (κ1) is 19.7. The minimum atomic E-state index is -0.750. The fraction of sp³-hybridized carbons (Fsp3) is 0.250. The van der Waals surface area contributed by atoms with Gasteiger partial charge in [0, 0.05) is 10.6 Å². The van der Waals surface area contributed by atoms with E-state index in [1.807, 2.05) is 13.8 Å². The van der Waals surface area contributed by atoms with Crippen molar-refractivity contribution >= 4 is 29.6 Å². The number of nitrogens with one attached hydrogen (secondary N) is 2. The summed E-state index contributed by atoms with van der Waals surface area (Å²) < 4.78 is 10.6. The van der Waals surface area contributed by atoms with Crippen molar-refractivity contribution in [3.8, 4) is 11.5 Å². The van der Waals surface area contributed by atoms with Gasteiger partial charge in [-0.15, -0.1) is 0 Å². The van der Waals surface area contributed by atoms with Crippen molar-refractivity contribution in [1.82, 2.24) is 10.7 Å². The topological polar surface area (TPSA) is 89.0 Å². The molecule has 3 rings (SSSR count). The number of fused-ring (bicyclic) bond motifs is 1. The molecule has 1 aliphatic heterocycles. The molecule has 146 valence electrons. The molecule has 0 radical (unpaired) electrons. The van der Waals surface area contributed by atoms with Gasteiger partial charge in [0.15, 0.2) is 11.5 Å². The van der Waals surface area contributed by atoms with Gasteiger partial charge in [-0.1, -0.05) is 31.5 Å². The Balaban J connectivity index is 1.62. The maximum Gasteiger partial charge on any atom is 0.262 e. The number of carbonyl (C=O) groups excluding carboxylic acids is 2. The lowest BCUT2D eigenvalue weighted by Gasteiger charge is -2.20. The van der Waals surface area contributed by atoms with Crippen LogP contribution < -0.4 is 20.2 Å². The number of nitrogens with zero attached hydrogens (tertiary/aromatic N) is 1. The molecule has 2 amide bonds. The molecule has 28 heavy (non-hydrogen) atoms. The van der Waals surface area contributed by atoms with E-state index in [4.69, 9.17) is 21.1 Å². The van der Waals surface area contributed by atoms with Crippen LogP contribution >= 0.6 is 11.6 Å². The number of rotatable bonds is 6. The zero-order valence-electron chi connectivity index (χ0n) is 15.4. The average molecular weight is 402 g/mol. The lowest BCUT2D eigenvalue weighted by Crippen LogP contribution is -2.48. The third-order valence-electron chi connectivity index (χ3n) is 4.11. The molecule has 2 aromatic carbocycles. The van der Waals surface area contributed by atoms with Crippen LogP contribution in [-0.2, 0) is 4.79 Å². The quantitative estimate of drug-likeness (QED) is 0.575. The van der Waals surface area contributed by atoms with Crippen LogP contribution in [0, 0.1) is 5.92 Å². The van der Waals surface area contributed by atoms with Crippen molar-refractivity contribution in [3.05, 3.63) is 58.6 Å². The maximum atomic E-state index is 12.5. The van der Waals surface area contributed by atoms with Gasteiger partial charge in [0.05, 0.1) is 6.21 Å². The van der Waals surface area contributed by atoms with Crippen molar-refractivity contribution in [2.24, 2.45) is 11.0 Å². The molecule has 0 spiro atoms. The highest BCUT2D eigenvalue weighted by Gasteiger charge is 2.24. The Morgan fingerprint density at radius 3 is 2.68 bits per heavy atom. The second-order valence-corrected chi connectivity index (χ2v) is 6.99. The third-order valence-corrected chi connectivity index (χ3v) is 4.34. The summed E-state index contributed by atoms with van der Waals surface area (Å²) in [5.41, 5.74) is 3.59. The Morgan fingerprint density at radius 2 is 1.93 bits per heavy atom. The van der Waals surface area contributed by atoms with Crippen LogP contribution in [0.1, 0.15) is 29.8 Å². The standard InChI is InChI=1S/C20H20ClN3O4/c1-12(2)18(23-19(25)14-4-3-5-15(21)9-14)20(26)24-22-10-13-6-7-16-17(8-13)28-11-27-16/h3-10,12,18H,11H2,1-2H3,(H,23,25)(H,24,26)/b22-10-. The van der Waals surface area contributed by atoms with Gasteiger partial charge in [-0.25, -0.2) is 5.43 Å². The van der Waals surface area contributed by atoms with Crippen LogP contribution in [0.3, 0.4) is 0 Å². The normalized spacial score (nSPS) is 13.6. The van der Waals surface area contributed by atoms with Gasteiger partial charge < -0.3 is 14.8 Å². The first-order valence-corrected chi connectivity index (χ1v) is 9.11. The smallest absolute Gasteiger partial charge is 0.262 e. The molecular weight excluding hydrogens is 382 g/mol. The molecule has 1 aliphatic rings. The molecule has 8 heteroatoms. The lowest BCUT2D eigenvalue weighted by atomic mass is 10.0. The van der Waals surface area contributed by atoms with Crippen molar-refractivity contribution in [3.63, 3.8) is 0 Å². The zero-order chi connectivity index (χ0) is 20.1. The Kier molecular flexibility index (Phi) is 6.16.